The second kappa shape index (κ2) is 14.6. The number of unbranched alkanes of at least 4 members (excludes halogenated alkanes) is 1. The molecule has 3 aromatic carbocycles. The van der Waals surface area contributed by atoms with Crippen LogP contribution in [0.3, 0.4) is 0 Å². The van der Waals surface area contributed by atoms with Gasteiger partial charge in [-0.3, -0.25) is 15.0 Å². The first-order chi connectivity index (χ1) is 21.0. The van der Waals surface area contributed by atoms with E-state index < -0.39 is 0 Å². The number of rotatable bonds is 13. The molecule has 0 unspecified atom stereocenters. The van der Waals surface area contributed by atoms with E-state index in [-0.39, 0.29) is 30.7 Å². The highest BCUT2D eigenvalue weighted by atomic mass is 16.5. The fourth-order valence-electron chi connectivity index (χ4n) is 5.78. The van der Waals surface area contributed by atoms with Crippen LogP contribution in [0.4, 0.5) is 0 Å². The zero-order valence-electron chi connectivity index (χ0n) is 24.7. The fraction of sp³-hybridized carbons (Fsp3) is 0.371. The van der Waals surface area contributed by atoms with Crippen LogP contribution >= 0.6 is 0 Å². The highest BCUT2D eigenvalue weighted by molar-refractivity contribution is 5.98. The number of nitrogens with one attached hydrogen (secondary N) is 2. The molecule has 0 atom stereocenters. The van der Waals surface area contributed by atoms with E-state index in [9.17, 15) is 9.59 Å². The van der Waals surface area contributed by atoms with Crippen molar-refractivity contribution in [2.24, 2.45) is 11.7 Å². The van der Waals surface area contributed by atoms with Crippen molar-refractivity contribution in [3.8, 4) is 11.4 Å². The molecule has 1 heterocycles. The minimum Gasteiger partial charge on any atom is -0.465 e. The smallest absolute Gasteiger partial charge is 0.307 e. The minimum absolute atomic E-state index is 0.0223. The largest absolute Gasteiger partial charge is 0.465 e. The van der Waals surface area contributed by atoms with Gasteiger partial charge in [0, 0.05) is 29.8 Å². The van der Waals surface area contributed by atoms with Crippen LogP contribution in [0, 0.1) is 11.3 Å². The molecule has 8 nitrogen and oxygen atoms in total. The Morgan fingerprint density at radius 3 is 2.44 bits per heavy atom. The molecular weight excluding hydrogens is 538 g/mol. The van der Waals surface area contributed by atoms with Crippen LogP contribution in [0.25, 0.3) is 22.4 Å². The number of imidazole rings is 1. The van der Waals surface area contributed by atoms with Crippen molar-refractivity contribution in [2.45, 2.75) is 64.3 Å². The number of aryl methyl sites for hydroxylation is 2. The van der Waals surface area contributed by atoms with Crippen LogP contribution in [-0.4, -0.2) is 40.4 Å². The van der Waals surface area contributed by atoms with E-state index in [1.54, 1.807) is 6.07 Å². The normalized spacial score (nSPS) is 13.6. The molecular formula is C35H41N5O3. The van der Waals surface area contributed by atoms with Gasteiger partial charge in [-0.2, -0.15) is 0 Å². The monoisotopic (exact) mass is 579 g/mol. The first kappa shape index (κ1) is 30.0. The molecule has 43 heavy (non-hydrogen) atoms. The molecule has 8 heteroatoms. The third-order valence-corrected chi connectivity index (χ3v) is 8.22. The first-order valence-electron chi connectivity index (χ1n) is 15.4. The number of nitrogen functional groups attached to an aromatic ring is 1. The number of ether oxygens (including phenoxy) is 1. The van der Waals surface area contributed by atoms with Crippen LogP contribution in [0.5, 0.6) is 0 Å². The van der Waals surface area contributed by atoms with Gasteiger partial charge in [-0.1, -0.05) is 73.9 Å². The summed E-state index contributed by atoms with van der Waals surface area (Å²) < 4.78 is 7.65. The number of nitrogens with two attached hydrogens (primary N) is 1. The quantitative estimate of drug-likeness (QED) is 0.0747. The van der Waals surface area contributed by atoms with Gasteiger partial charge in [-0.15, -0.1) is 0 Å². The lowest BCUT2D eigenvalue weighted by molar-refractivity contribution is -0.145. The fourth-order valence-corrected chi connectivity index (χ4v) is 5.78. The summed E-state index contributed by atoms with van der Waals surface area (Å²) in [5, 5.41) is 10.6. The zero-order valence-corrected chi connectivity index (χ0v) is 24.7. The summed E-state index contributed by atoms with van der Waals surface area (Å²) in [6.45, 7) is 1.49. The predicted molar refractivity (Wildman–Crippen MR) is 170 cm³/mol. The average Bonchev–Trinajstić information content (AvgIpc) is 3.40. The molecule has 1 aliphatic carbocycles. The predicted octanol–water partition coefficient (Wildman–Crippen LogP) is 6.25. The van der Waals surface area contributed by atoms with Gasteiger partial charge in [0.05, 0.1) is 24.1 Å². The molecule has 0 aliphatic heterocycles. The molecule has 1 amide bonds. The van der Waals surface area contributed by atoms with Gasteiger partial charge in [0.1, 0.15) is 11.7 Å². The Bertz CT molecular complexity index is 1540. The highest BCUT2D eigenvalue weighted by Gasteiger charge is 2.17. The van der Waals surface area contributed by atoms with Crippen LogP contribution < -0.4 is 11.1 Å². The SMILES string of the molecule is N=C(N)c1ccc(-c2nc3cc(C(=O)NCCC(=O)OCC4CCCCC4)ccc3n2CCCCc2ccccc2)cc1. The van der Waals surface area contributed by atoms with E-state index in [0.717, 1.165) is 61.1 Å². The second-order valence-electron chi connectivity index (χ2n) is 11.4. The molecule has 0 saturated heterocycles. The van der Waals surface area contributed by atoms with Gasteiger partial charge in [0.25, 0.3) is 5.91 Å². The van der Waals surface area contributed by atoms with Gasteiger partial charge in [0.2, 0.25) is 0 Å². The Hall–Kier alpha value is -4.46. The third-order valence-electron chi connectivity index (χ3n) is 8.22. The summed E-state index contributed by atoms with van der Waals surface area (Å²) in [7, 11) is 0. The molecule has 1 saturated carbocycles. The van der Waals surface area contributed by atoms with Crippen LogP contribution in [0.2, 0.25) is 0 Å². The van der Waals surface area contributed by atoms with Gasteiger partial charge in [0.15, 0.2) is 0 Å². The summed E-state index contributed by atoms with van der Waals surface area (Å²) in [5.74, 6) is 0.788. The Kier molecular flexibility index (Phi) is 10.2. The standard InChI is InChI=1S/C35H41N5O3/c36-33(37)27-14-16-28(17-15-27)34-39-30-23-29(35(42)38-21-20-32(41)43-24-26-12-5-2-6-13-26)18-19-31(30)40(34)22-8-7-11-25-9-3-1-4-10-25/h1,3-4,9-10,14-19,23,26H,2,5-8,11-13,20-22,24H2,(H3,36,37)(H,38,42). The van der Waals surface area contributed by atoms with Gasteiger partial charge >= 0.3 is 5.97 Å². The molecule has 0 spiro atoms. The molecule has 5 rings (SSSR count). The van der Waals surface area contributed by atoms with E-state index in [1.807, 2.05) is 42.5 Å². The van der Waals surface area contributed by atoms with Crippen molar-refractivity contribution >= 4 is 28.7 Å². The van der Waals surface area contributed by atoms with Crippen molar-refractivity contribution in [3.63, 3.8) is 0 Å². The lowest BCUT2D eigenvalue weighted by Gasteiger charge is -2.21. The van der Waals surface area contributed by atoms with Crippen molar-refractivity contribution < 1.29 is 14.3 Å². The number of aromatic nitrogens is 2. The van der Waals surface area contributed by atoms with Crippen LogP contribution in [-0.2, 0) is 22.5 Å². The van der Waals surface area contributed by atoms with Gasteiger partial charge < -0.3 is 20.4 Å². The summed E-state index contributed by atoms with van der Waals surface area (Å²) in [6.07, 6.45) is 9.11. The van der Waals surface area contributed by atoms with Gasteiger partial charge in [-0.25, -0.2) is 4.98 Å². The van der Waals surface area contributed by atoms with E-state index in [1.165, 1.54) is 24.8 Å². The van der Waals surface area contributed by atoms with E-state index in [2.05, 4.69) is 34.1 Å². The summed E-state index contributed by atoms with van der Waals surface area (Å²) in [4.78, 5) is 30.1. The topological polar surface area (TPSA) is 123 Å². The van der Waals surface area contributed by atoms with E-state index >= 15 is 0 Å². The Morgan fingerprint density at radius 2 is 1.70 bits per heavy atom. The number of carbonyl (C=O) groups is 2. The number of esters is 1. The molecule has 0 radical (unpaired) electrons. The highest BCUT2D eigenvalue weighted by Crippen LogP contribution is 2.27. The molecule has 0 bridgehead atoms. The first-order valence-corrected chi connectivity index (χ1v) is 15.4. The molecule has 1 aliphatic rings. The number of carbonyl (C=O) groups excluding carboxylic acids is 2. The molecule has 4 N–H and O–H groups in total. The van der Waals surface area contributed by atoms with E-state index in [0.29, 0.717) is 23.7 Å². The summed E-state index contributed by atoms with van der Waals surface area (Å²) in [5.41, 5.74) is 10.7. The van der Waals surface area contributed by atoms with Crippen LogP contribution in [0.1, 0.15) is 72.9 Å². The molecule has 224 valence electrons. The van der Waals surface area contributed by atoms with Crippen molar-refractivity contribution in [1.29, 1.82) is 5.41 Å². The Labute approximate surface area is 253 Å². The Balaban J connectivity index is 1.25. The molecule has 1 aromatic heterocycles. The average molecular weight is 580 g/mol. The zero-order chi connectivity index (χ0) is 30.0. The lowest BCUT2D eigenvalue weighted by Crippen LogP contribution is -2.27. The van der Waals surface area contributed by atoms with Crippen LogP contribution in [0.15, 0.2) is 72.8 Å². The number of fused-ring (bicyclic) bond motifs is 1. The van der Waals surface area contributed by atoms with Crippen molar-refractivity contribution in [2.75, 3.05) is 13.2 Å². The third kappa shape index (κ3) is 8.09. The maximum absolute atomic E-state index is 13.0. The van der Waals surface area contributed by atoms with Crippen molar-refractivity contribution in [1.82, 2.24) is 14.9 Å². The number of nitrogens with zero attached hydrogens (tertiary/aromatic N) is 2. The maximum Gasteiger partial charge on any atom is 0.307 e. The Morgan fingerprint density at radius 1 is 0.953 bits per heavy atom. The number of hydrogen-bond donors (Lipinski definition) is 3. The lowest BCUT2D eigenvalue weighted by atomic mass is 9.90. The van der Waals surface area contributed by atoms with E-state index in [4.69, 9.17) is 20.9 Å². The number of hydrogen-bond acceptors (Lipinski definition) is 5. The molecule has 1 fully saturated rings. The maximum atomic E-state index is 13.0. The van der Waals surface area contributed by atoms with Gasteiger partial charge in [-0.05, 0) is 61.8 Å². The second-order valence-corrected chi connectivity index (χ2v) is 11.4. The minimum atomic E-state index is -0.271. The number of amidine groups is 1. The number of benzene rings is 3. The molecule has 4 aromatic rings. The summed E-state index contributed by atoms with van der Waals surface area (Å²) >= 11 is 0. The number of amides is 1. The summed E-state index contributed by atoms with van der Waals surface area (Å²) in [6, 6.07) is 23.6. The van der Waals surface area contributed by atoms with Crippen molar-refractivity contribution in [3.05, 3.63) is 89.5 Å².